The highest BCUT2D eigenvalue weighted by Crippen LogP contribution is 2.28. The molecule has 1 aromatic rings. The second-order valence-electron chi connectivity index (χ2n) is 3.68. The van der Waals surface area contributed by atoms with Crippen molar-refractivity contribution in [1.29, 1.82) is 0 Å². The van der Waals surface area contributed by atoms with Gasteiger partial charge in [-0.05, 0) is 15.9 Å². The first kappa shape index (κ1) is 17.5. The number of hydrogen-bond acceptors (Lipinski definition) is 6. The van der Waals surface area contributed by atoms with Crippen LogP contribution in [0.2, 0.25) is 0 Å². The number of halogens is 2. The molecule has 0 saturated carbocycles. The number of rotatable bonds is 6. The summed E-state index contributed by atoms with van der Waals surface area (Å²) in [4.78, 5) is 11.3. The van der Waals surface area contributed by atoms with Gasteiger partial charge in [-0.15, -0.1) is 0 Å². The van der Waals surface area contributed by atoms with Crippen LogP contribution < -0.4 is 5.32 Å². The van der Waals surface area contributed by atoms with E-state index < -0.39 is 24.8 Å². The molecule has 1 rings (SSSR count). The van der Waals surface area contributed by atoms with Crippen LogP contribution >= 0.6 is 26.6 Å². The third-order valence-corrected chi connectivity index (χ3v) is 6.16. The smallest absolute Gasteiger partial charge is 0.287 e. The van der Waals surface area contributed by atoms with Crippen molar-refractivity contribution in [2.45, 2.75) is 11.8 Å². The highest BCUT2D eigenvalue weighted by atomic mass is 79.9. The molecule has 0 saturated heterocycles. The number of carbonyl (C=O) groups is 1. The minimum Gasteiger partial charge on any atom is -0.443 e. The highest BCUT2D eigenvalue weighted by molar-refractivity contribution is 9.10. The zero-order chi connectivity index (χ0) is 15.6. The van der Waals surface area contributed by atoms with Crippen molar-refractivity contribution in [3.05, 3.63) is 16.5 Å². The Balaban J connectivity index is 2.75. The molecule has 0 aromatic carbocycles. The van der Waals surface area contributed by atoms with Gasteiger partial charge in [0.15, 0.2) is 20.3 Å². The summed E-state index contributed by atoms with van der Waals surface area (Å²) >= 11 is 2.83. The molecule has 1 N–H and O–H groups in total. The van der Waals surface area contributed by atoms with Gasteiger partial charge in [0.25, 0.3) is 15.0 Å². The third kappa shape index (κ3) is 4.76. The van der Waals surface area contributed by atoms with Gasteiger partial charge in [-0.1, -0.05) is 6.92 Å². The summed E-state index contributed by atoms with van der Waals surface area (Å²) in [6.07, 6.45) is 0. The molecular formula is C9H11BrClNO6S2. The molecule has 0 spiro atoms. The normalized spacial score (nSPS) is 12.3. The van der Waals surface area contributed by atoms with E-state index in [0.29, 0.717) is 0 Å². The fourth-order valence-corrected chi connectivity index (χ4v) is 3.92. The number of hydrogen-bond donors (Lipinski definition) is 1. The van der Waals surface area contributed by atoms with Crippen LogP contribution in [0.3, 0.4) is 0 Å². The molecule has 1 heterocycles. The first-order valence-corrected chi connectivity index (χ1v) is 10.2. The van der Waals surface area contributed by atoms with Gasteiger partial charge in [-0.3, -0.25) is 4.79 Å². The van der Waals surface area contributed by atoms with Crippen LogP contribution in [0.15, 0.2) is 20.0 Å². The third-order valence-electron chi connectivity index (χ3n) is 2.28. The van der Waals surface area contributed by atoms with E-state index in [1.807, 2.05) is 0 Å². The summed E-state index contributed by atoms with van der Waals surface area (Å²) in [6, 6.07) is 0.954. The molecule has 0 aliphatic heterocycles. The molecule has 20 heavy (non-hydrogen) atoms. The quantitative estimate of drug-likeness (QED) is 0.707. The van der Waals surface area contributed by atoms with Crippen LogP contribution in [0, 0.1) is 0 Å². The number of furan rings is 1. The lowest BCUT2D eigenvalue weighted by atomic mass is 10.4. The zero-order valence-electron chi connectivity index (χ0n) is 10.2. The number of nitrogens with one attached hydrogen (secondary N) is 1. The Hall–Kier alpha value is -0.580. The maximum absolute atomic E-state index is 11.7. The van der Waals surface area contributed by atoms with Crippen molar-refractivity contribution in [3.63, 3.8) is 0 Å². The predicted octanol–water partition coefficient (Wildman–Crippen LogP) is 1.13. The summed E-state index contributed by atoms with van der Waals surface area (Å²) in [5, 5.41) is 2.31. The predicted molar refractivity (Wildman–Crippen MR) is 76.1 cm³/mol. The first-order chi connectivity index (χ1) is 9.07. The molecule has 7 nitrogen and oxygen atoms in total. The van der Waals surface area contributed by atoms with Crippen LogP contribution in [-0.2, 0) is 18.9 Å². The van der Waals surface area contributed by atoms with Crippen molar-refractivity contribution in [2.24, 2.45) is 0 Å². The van der Waals surface area contributed by atoms with Gasteiger partial charge in [0.1, 0.15) is 4.90 Å². The topological polar surface area (TPSA) is 111 Å². The van der Waals surface area contributed by atoms with Gasteiger partial charge in [0, 0.05) is 29.0 Å². The number of carbonyl (C=O) groups excluding carboxylic acids is 1. The standard InChI is InChI=1S/C9H11BrClNO6S2/c1-2-19(14,15)4-3-12-9(13)6-5-7(8(10)18-6)20(11,16)17/h5H,2-4H2,1H3,(H,12,13). The van der Waals surface area contributed by atoms with Gasteiger partial charge in [-0.2, -0.15) is 0 Å². The Morgan fingerprint density at radius 3 is 2.45 bits per heavy atom. The molecule has 114 valence electrons. The van der Waals surface area contributed by atoms with Gasteiger partial charge in [0.2, 0.25) is 0 Å². The van der Waals surface area contributed by atoms with Crippen LogP contribution in [0.1, 0.15) is 17.5 Å². The SMILES string of the molecule is CCS(=O)(=O)CCNC(=O)c1cc(S(=O)(=O)Cl)c(Br)o1. The molecule has 1 amide bonds. The van der Waals surface area contributed by atoms with Crippen molar-refractivity contribution in [3.8, 4) is 0 Å². The Labute approximate surface area is 129 Å². The van der Waals surface area contributed by atoms with Crippen LogP contribution in [0.25, 0.3) is 0 Å². The maximum Gasteiger partial charge on any atom is 0.287 e. The summed E-state index contributed by atoms with van der Waals surface area (Å²) in [7, 11) is -2.10. The van der Waals surface area contributed by atoms with Gasteiger partial charge in [-0.25, -0.2) is 16.8 Å². The van der Waals surface area contributed by atoms with Crippen molar-refractivity contribution in [1.82, 2.24) is 5.32 Å². The fraction of sp³-hybridized carbons (Fsp3) is 0.444. The summed E-state index contributed by atoms with van der Waals surface area (Å²) < 4.78 is 49.4. The van der Waals surface area contributed by atoms with E-state index in [4.69, 9.17) is 15.1 Å². The molecule has 0 radical (unpaired) electrons. The van der Waals surface area contributed by atoms with E-state index in [1.54, 1.807) is 0 Å². The van der Waals surface area contributed by atoms with Crippen LogP contribution in [0.4, 0.5) is 0 Å². The zero-order valence-corrected chi connectivity index (χ0v) is 14.2. The lowest BCUT2D eigenvalue weighted by molar-refractivity contribution is 0.0927. The maximum atomic E-state index is 11.7. The van der Waals surface area contributed by atoms with E-state index >= 15 is 0 Å². The minimum absolute atomic E-state index is 0.0240. The monoisotopic (exact) mass is 407 g/mol. The lowest BCUT2D eigenvalue weighted by Gasteiger charge is -2.02. The summed E-state index contributed by atoms with van der Waals surface area (Å²) in [5.74, 6) is -1.25. The van der Waals surface area contributed by atoms with Gasteiger partial charge < -0.3 is 9.73 Å². The summed E-state index contributed by atoms with van der Waals surface area (Å²) in [5.41, 5.74) is 0. The second kappa shape index (κ2) is 6.46. The number of amides is 1. The molecule has 0 fully saturated rings. The Morgan fingerprint density at radius 2 is 2.00 bits per heavy atom. The molecule has 0 atom stereocenters. The Bertz CT molecular complexity index is 709. The van der Waals surface area contributed by atoms with Crippen molar-refractivity contribution in [2.75, 3.05) is 18.1 Å². The van der Waals surface area contributed by atoms with Crippen molar-refractivity contribution >= 4 is 51.4 Å². The fourth-order valence-electron chi connectivity index (χ4n) is 1.18. The number of sulfone groups is 1. The molecule has 0 aliphatic rings. The lowest BCUT2D eigenvalue weighted by Crippen LogP contribution is -2.29. The van der Waals surface area contributed by atoms with E-state index in [0.717, 1.165) is 6.07 Å². The van der Waals surface area contributed by atoms with Crippen LogP contribution in [0.5, 0.6) is 0 Å². The Morgan fingerprint density at radius 1 is 1.40 bits per heavy atom. The molecule has 0 unspecified atom stereocenters. The molecule has 11 heteroatoms. The van der Waals surface area contributed by atoms with Crippen molar-refractivity contribution < 1.29 is 26.0 Å². The van der Waals surface area contributed by atoms with E-state index in [1.165, 1.54) is 6.92 Å². The minimum atomic E-state index is -4.04. The molecular weight excluding hydrogens is 398 g/mol. The van der Waals surface area contributed by atoms with Gasteiger partial charge in [0.05, 0.1) is 5.75 Å². The molecule has 0 bridgehead atoms. The Kier molecular flexibility index (Phi) is 5.64. The first-order valence-electron chi connectivity index (χ1n) is 5.29. The van der Waals surface area contributed by atoms with E-state index in [9.17, 15) is 21.6 Å². The average molecular weight is 409 g/mol. The van der Waals surface area contributed by atoms with E-state index in [-0.39, 0.29) is 33.4 Å². The highest BCUT2D eigenvalue weighted by Gasteiger charge is 2.23. The molecule has 1 aromatic heterocycles. The largest absolute Gasteiger partial charge is 0.443 e. The van der Waals surface area contributed by atoms with E-state index in [2.05, 4.69) is 21.2 Å². The average Bonchev–Trinajstić information content (AvgIpc) is 2.71. The summed E-state index contributed by atoms with van der Waals surface area (Å²) in [6.45, 7) is 1.40. The molecule has 0 aliphatic carbocycles. The second-order valence-corrected chi connectivity index (χ2v) is 9.41. The van der Waals surface area contributed by atoms with Gasteiger partial charge >= 0.3 is 0 Å². The van der Waals surface area contributed by atoms with Crippen LogP contribution in [-0.4, -0.2) is 40.8 Å².